The molecule has 0 aliphatic carbocycles. The van der Waals surface area contributed by atoms with Gasteiger partial charge in [0.2, 0.25) is 5.43 Å². The monoisotopic (exact) mass is 276 g/mol. The molecule has 0 saturated heterocycles. The summed E-state index contributed by atoms with van der Waals surface area (Å²) >= 11 is 0. The minimum absolute atomic E-state index is 0.0607. The van der Waals surface area contributed by atoms with Crippen molar-refractivity contribution in [2.75, 3.05) is 7.11 Å². The molecule has 0 aliphatic rings. The first-order valence-electron chi connectivity index (χ1n) is 6.70. The molecule has 3 aromatic carbocycles. The Morgan fingerprint density at radius 2 is 1.67 bits per heavy atom. The van der Waals surface area contributed by atoms with Crippen LogP contribution in [0.4, 0.5) is 0 Å². The Morgan fingerprint density at radius 1 is 0.905 bits per heavy atom. The number of ether oxygens (including phenoxy) is 1. The van der Waals surface area contributed by atoms with Crippen LogP contribution in [0.15, 0.2) is 63.8 Å². The van der Waals surface area contributed by atoms with Crippen LogP contribution in [0.25, 0.3) is 32.7 Å². The molecule has 0 amide bonds. The van der Waals surface area contributed by atoms with E-state index < -0.39 is 0 Å². The van der Waals surface area contributed by atoms with E-state index in [1.165, 1.54) is 0 Å². The summed E-state index contributed by atoms with van der Waals surface area (Å²) in [6.07, 6.45) is 0. The number of hydrogen-bond acceptors (Lipinski definition) is 3. The molecule has 0 atom stereocenters. The fourth-order valence-corrected chi connectivity index (χ4v) is 2.72. The van der Waals surface area contributed by atoms with Gasteiger partial charge in [-0.15, -0.1) is 0 Å². The summed E-state index contributed by atoms with van der Waals surface area (Å²) in [6, 6.07) is 17.1. The van der Waals surface area contributed by atoms with E-state index in [-0.39, 0.29) is 5.43 Å². The highest BCUT2D eigenvalue weighted by Crippen LogP contribution is 2.28. The van der Waals surface area contributed by atoms with E-state index in [2.05, 4.69) is 0 Å². The van der Waals surface area contributed by atoms with Crippen LogP contribution in [0.2, 0.25) is 0 Å². The average Bonchev–Trinajstić information content (AvgIpc) is 2.53. The highest BCUT2D eigenvalue weighted by molar-refractivity contribution is 6.00. The highest BCUT2D eigenvalue weighted by atomic mass is 16.5. The predicted molar refractivity (Wildman–Crippen MR) is 84.0 cm³/mol. The molecule has 3 nitrogen and oxygen atoms in total. The maximum absolute atomic E-state index is 12.8. The lowest BCUT2D eigenvalue weighted by Crippen LogP contribution is -2.04. The second-order valence-corrected chi connectivity index (χ2v) is 4.96. The summed E-state index contributed by atoms with van der Waals surface area (Å²) < 4.78 is 11.2. The number of rotatable bonds is 1. The molecule has 0 saturated carbocycles. The van der Waals surface area contributed by atoms with Crippen LogP contribution in [0.1, 0.15) is 0 Å². The number of methoxy groups -OCH3 is 1. The van der Waals surface area contributed by atoms with Crippen LogP contribution < -0.4 is 10.2 Å². The van der Waals surface area contributed by atoms with Crippen LogP contribution in [0.5, 0.6) is 5.75 Å². The van der Waals surface area contributed by atoms with Crippen molar-refractivity contribution < 1.29 is 9.15 Å². The Balaban J connectivity index is 2.25. The summed E-state index contributed by atoms with van der Waals surface area (Å²) in [5.74, 6) is 0.538. The van der Waals surface area contributed by atoms with Crippen LogP contribution in [0, 0.1) is 0 Å². The Kier molecular flexibility index (Phi) is 2.48. The highest BCUT2D eigenvalue weighted by Gasteiger charge is 2.12. The molecule has 0 radical (unpaired) electrons. The lowest BCUT2D eigenvalue weighted by atomic mass is 10.1. The molecule has 1 heterocycles. The first-order valence-corrected chi connectivity index (χ1v) is 6.70. The second-order valence-electron chi connectivity index (χ2n) is 4.96. The van der Waals surface area contributed by atoms with E-state index in [1.54, 1.807) is 19.2 Å². The van der Waals surface area contributed by atoms with E-state index >= 15 is 0 Å². The van der Waals surface area contributed by atoms with Crippen LogP contribution in [-0.4, -0.2) is 7.11 Å². The third-order valence-electron chi connectivity index (χ3n) is 3.75. The van der Waals surface area contributed by atoms with Gasteiger partial charge in [-0.05, 0) is 35.0 Å². The van der Waals surface area contributed by atoms with Gasteiger partial charge in [-0.3, -0.25) is 4.79 Å². The van der Waals surface area contributed by atoms with Gasteiger partial charge in [0.15, 0.2) is 0 Å². The van der Waals surface area contributed by atoms with Crippen molar-refractivity contribution in [3.05, 3.63) is 64.8 Å². The lowest BCUT2D eigenvalue weighted by Gasteiger charge is -2.06. The van der Waals surface area contributed by atoms with E-state index in [9.17, 15) is 4.79 Å². The van der Waals surface area contributed by atoms with E-state index in [4.69, 9.17) is 9.15 Å². The Morgan fingerprint density at radius 3 is 2.43 bits per heavy atom. The maximum Gasteiger partial charge on any atom is 0.204 e. The van der Waals surface area contributed by atoms with Crippen LogP contribution in [0.3, 0.4) is 0 Å². The van der Waals surface area contributed by atoms with Crippen molar-refractivity contribution in [1.29, 1.82) is 0 Å². The molecule has 0 N–H and O–H groups in total. The van der Waals surface area contributed by atoms with Gasteiger partial charge in [0.05, 0.1) is 12.5 Å². The van der Waals surface area contributed by atoms with Gasteiger partial charge in [-0.25, -0.2) is 0 Å². The normalized spacial score (nSPS) is 11.3. The molecular weight excluding hydrogens is 264 g/mol. The molecular formula is C18H12O3. The fourth-order valence-electron chi connectivity index (χ4n) is 2.72. The van der Waals surface area contributed by atoms with Gasteiger partial charge in [-0.1, -0.05) is 30.3 Å². The summed E-state index contributed by atoms with van der Waals surface area (Å²) in [5, 5.41) is 3.13. The van der Waals surface area contributed by atoms with E-state index in [0.717, 1.165) is 10.8 Å². The summed E-state index contributed by atoms with van der Waals surface area (Å²) in [6.45, 7) is 0. The molecule has 21 heavy (non-hydrogen) atoms. The molecule has 3 heteroatoms. The molecule has 0 fully saturated rings. The van der Waals surface area contributed by atoms with Crippen molar-refractivity contribution in [2.45, 2.75) is 0 Å². The van der Waals surface area contributed by atoms with Gasteiger partial charge in [-0.2, -0.15) is 0 Å². The Labute approximate surface area is 120 Å². The van der Waals surface area contributed by atoms with Crippen LogP contribution >= 0.6 is 0 Å². The van der Waals surface area contributed by atoms with Gasteiger partial charge in [0.1, 0.15) is 22.3 Å². The average molecular weight is 276 g/mol. The molecule has 1 aromatic heterocycles. The molecule has 0 unspecified atom stereocenters. The molecule has 0 spiro atoms. The van der Waals surface area contributed by atoms with Gasteiger partial charge >= 0.3 is 0 Å². The van der Waals surface area contributed by atoms with Gasteiger partial charge in [0, 0.05) is 0 Å². The zero-order valence-corrected chi connectivity index (χ0v) is 11.4. The van der Waals surface area contributed by atoms with Gasteiger partial charge in [0.25, 0.3) is 0 Å². The predicted octanol–water partition coefficient (Wildman–Crippen LogP) is 4.11. The third-order valence-corrected chi connectivity index (χ3v) is 3.75. The standard InChI is InChI=1S/C18H12O3/c1-20-14-7-4-8-15-17(14)18(19)13-9-11-5-2-3-6-12(11)10-16(13)21-15/h2-10H,1H3. The van der Waals surface area contributed by atoms with Crippen molar-refractivity contribution in [1.82, 2.24) is 0 Å². The van der Waals surface area contributed by atoms with Gasteiger partial charge < -0.3 is 9.15 Å². The van der Waals surface area contributed by atoms with Crippen molar-refractivity contribution in [3.8, 4) is 5.75 Å². The van der Waals surface area contributed by atoms with Crippen molar-refractivity contribution in [2.24, 2.45) is 0 Å². The Bertz CT molecular complexity index is 1040. The second kappa shape index (κ2) is 4.35. The number of hydrogen-bond donors (Lipinski definition) is 0. The van der Waals surface area contributed by atoms with Crippen LogP contribution in [-0.2, 0) is 0 Å². The molecule has 4 rings (SSSR count). The summed E-state index contributed by atoms with van der Waals surface area (Å²) in [7, 11) is 1.55. The Hall–Kier alpha value is -2.81. The van der Waals surface area contributed by atoms with E-state index in [0.29, 0.717) is 27.7 Å². The zero-order valence-electron chi connectivity index (χ0n) is 11.4. The minimum Gasteiger partial charge on any atom is -0.496 e. The summed E-state index contributed by atoms with van der Waals surface area (Å²) in [5.41, 5.74) is 1.08. The molecule has 4 aromatic rings. The summed E-state index contributed by atoms with van der Waals surface area (Å²) in [4.78, 5) is 12.8. The fraction of sp³-hybridized carbons (Fsp3) is 0.0556. The number of benzene rings is 3. The van der Waals surface area contributed by atoms with Crippen molar-refractivity contribution >= 4 is 32.7 Å². The molecule has 102 valence electrons. The maximum atomic E-state index is 12.8. The quantitative estimate of drug-likeness (QED) is 0.491. The molecule has 0 aliphatic heterocycles. The smallest absolute Gasteiger partial charge is 0.204 e. The third kappa shape index (κ3) is 1.71. The SMILES string of the molecule is COc1cccc2oc3cc4ccccc4cc3c(=O)c12. The first kappa shape index (κ1) is 12.0. The topological polar surface area (TPSA) is 39.4 Å². The largest absolute Gasteiger partial charge is 0.496 e. The van der Waals surface area contributed by atoms with Crippen molar-refractivity contribution in [3.63, 3.8) is 0 Å². The minimum atomic E-state index is -0.0607. The molecule has 0 bridgehead atoms. The first-order chi connectivity index (χ1) is 10.3. The number of fused-ring (bicyclic) bond motifs is 3. The van der Waals surface area contributed by atoms with E-state index in [1.807, 2.05) is 42.5 Å². The lowest BCUT2D eigenvalue weighted by molar-refractivity contribution is 0.419. The zero-order chi connectivity index (χ0) is 14.4.